The normalized spacial score (nSPS) is 12.8. The number of hydrogen-bond acceptors (Lipinski definition) is 4. The molecule has 0 aliphatic heterocycles. The van der Waals surface area contributed by atoms with Gasteiger partial charge in [0.25, 0.3) is 5.69 Å². The summed E-state index contributed by atoms with van der Waals surface area (Å²) in [4.78, 5) is 10.0. The minimum atomic E-state index is -0.395. The van der Waals surface area contributed by atoms with Gasteiger partial charge in [-0.3, -0.25) is 15.1 Å². The molecule has 5 heteroatoms. The Kier molecular flexibility index (Phi) is 3.76. The molecule has 0 heterocycles. The van der Waals surface area contributed by atoms with E-state index in [4.69, 9.17) is 0 Å². The first kappa shape index (κ1) is 11.6. The summed E-state index contributed by atoms with van der Waals surface area (Å²) in [5.41, 5.74) is 4.31. The Morgan fingerprint density at radius 2 is 1.87 bits per heavy atom. The average Bonchev–Trinajstić information content (AvgIpc) is 2.17. The lowest BCUT2D eigenvalue weighted by Gasteiger charge is -2.19. The van der Waals surface area contributed by atoms with Gasteiger partial charge in [0.15, 0.2) is 0 Å². The highest BCUT2D eigenvalue weighted by atomic mass is 16.6. The summed E-state index contributed by atoms with van der Waals surface area (Å²) >= 11 is 0. The molecule has 1 N–H and O–H groups in total. The van der Waals surface area contributed by atoms with Gasteiger partial charge in [0, 0.05) is 32.3 Å². The van der Waals surface area contributed by atoms with E-state index in [9.17, 15) is 10.1 Å². The number of rotatable bonds is 4. The zero-order valence-corrected chi connectivity index (χ0v) is 9.10. The summed E-state index contributed by atoms with van der Waals surface area (Å²) in [6, 6.07) is 6.70. The van der Waals surface area contributed by atoms with Crippen LogP contribution in [-0.4, -0.2) is 24.0 Å². The van der Waals surface area contributed by atoms with E-state index < -0.39 is 4.92 Å². The van der Waals surface area contributed by atoms with E-state index in [1.54, 1.807) is 12.1 Å². The number of nitro benzene ring substituents is 1. The van der Waals surface area contributed by atoms with Gasteiger partial charge in [-0.25, -0.2) is 5.43 Å². The highest BCUT2D eigenvalue weighted by Gasteiger charge is 2.08. The molecule has 1 unspecified atom stereocenters. The third-order valence-electron chi connectivity index (χ3n) is 2.06. The maximum atomic E-state index is 10.4. The van der Waals surface area contributed by atoms with Crippen LogP contribution in [0.1, 0.15) is 18.5 Å². The molecular formula is C10H15N3O2. The molecule has 0 amide bonds. The summed E-state index contributed by atoms with van der Waals surface area (Å²) in [6.45, 7) is 2.00. The first-order valence-corrected chi connectivity index (χ1v) is 4.68. The summed E-state index contributed by atoms with van der Waals surface area (Å²) in [6.07, 6.45) is 0. The lowest BCUT2D eigenvalue weighted by molar-refractivity contribution is -0.384. The largest absolute Gasteiger partial charge is 0.269 e. The Bertz CT molecular complexity index is 335. The van der Waals surface area contributed by atoms with Gasteiger partial charge in [0.1, 0.15) is 0 Å². The molecule has 1 aromatic carbocycles. The molecule has 0 aromatic heterocycles. The van der Waals surface area contributed by atoms with Crippen LogP contribution in [-0.2, 0) is 0 Å². The van der Waals surface area contributed by atoms with Crippen LogP contribution in [0.2, 0.25) is 0 Å². The van der Waals surface area contributed by atoms with Gasteiger partial charge in [-0.15, -0.1) is 0 Å². The van der Waals surface area contributed by atoms with E-state index in [1.807, 2.05) is 26.0 Å². The summed E-state index contributed by atoms with van der Waals surface area (Å²) in [7, 11) is 3.81. The van der Waals surface area contributed by atoms with Crippen molar-refractivity contribution < 1.29 is 4.92 Å². The topological polar surface area (TPSA) is 58.4 Å². The van der Waals surface area contributed by atoms with Crippen molar-refractivity contribution in [1.29, 1.82) is 0 Å². The lowest BCUT2D eigenvalue weighted by atomic mass is 10.1. The molecule has 0 spiro atoms. The zero-order valence-electron chi connectivity index (χ0n) is 9.10. The van der Waals surface area contributed by atoms with Gasteiger partial charge in [-0.05, 0) is 12.5 Å². The molecule has 15 heavy (non-hydrogen) atoms. The van der Waals surface area contributed by atoms with Crippen molar-refractivity contribution in [2.75, 3.05) is 14.1 Å². The van der Waals surface area contributed by atoms with E-state index in [0.29, 0.717) is 0 Å². The van der Waals surface area contributed by atoms with Gasteiger partial charge < -0.3 is 0 Å². The first-order chi connectivity index (χ1) is 7.00. The van der Waals surface area contributed by atoms with Gasteiger partial charge in [0.05, 0.1) is 4.92 Å². The van der Waals surface area contributed by atoms with E-state index in [2.05, 4.69) is 5.43 Å². The molecule has 1 aromatic rings. The monoisotopic (exact) mass is 209 g/mol. The molecule has 82 valence electrons. The third-order valence-corrected chi connectivity index (χ3v) is 2.06. The predicted octanol–water partition coefficient (Wildman–Crippen LogP) is 1.72. The summed E-state index contributed by atoms with van der Waals surface area (Å²) in [5.74, 6) is 0. The molecule has 1 atom stereocenters. The minimum absolute atomic E-state index is 0.121. The fraction of sp³-hybridized carbons (Fsp3) is 0.400. The van der Waals surface area contributed by atoms with Gasteiger partial charge in [-0.1, -0.05) is 12.1 Å². The van der Waals surface area contributed by atoms with Gasteiger partial charge in [0.2, 0.25) is 0 Å². The molecular weight excluding hydrogens is 194 g/mol. The maximum Gasteiger partial charge on any atom is 0.269 e. The number of hydrogen-bond donors (Lipinski definition) is 1. The smallest absolute Gasteiger partial charge is 0.258 e. The molecule has 0 aliphatic rings. The van der Waals surface area contributed by atoms with Crippen LogP contribution in [0.5, 0.6) is 0 Å². The van der Waals surface area contributed by atoms with E-state index in [1.165, 1.54) is 12.1 Å². The number of non-ortho nitro benzene ring substituents is 1. The Morgan fingerprint density at radius 1 is 1.33 bits per heavy atom. The fourth-order valence-electron chi connectivity index (χ4n) is 1.35. The molecule has 0 bridgehead atoms. The summed E-state index contributed by atoms with van der Waals surface area (Å²) < 4.78 is 0. The highest BCUT2D eigenvalue weighted by molar-refractivity contribution is 5.33. The van der Waals surface area contributed by atoms with Gasteiger partial charge in [-0.2, -0.15) is 0 Å². The molecule has 0 radical (unpaired) electrons. The zero-order chi connectivity index (χ0) is 11.4. The molecule has 5 nitrogen and oxygen atoms in total. The number of hydrazine groups is 1. The maximum absolute atomic E-state index is 10.4. The highest BCUT2D eigenvalue weighted by Crippen LogP contribution is 2.17. The van der Waals surface area contributed by atoms with Crippen molar-refractivity contribution in [3.63, 3.8) is 0 Å². The second kappa shape index (κ2) is 4.86. The van der Waals surface area contributed by atoms with Gasteiger partial charge >= 0.3 is 0 Å². The minimum Gasteiger partial charge on any atom is -0.258 e. The Hall–Kier alpha value is -1.46. The van der Waals surface area contributed by atoms with Crippen LogP contribution < -0.4 is 5.43 Å². The number of nitrogens with zero attached hydrogens (tertiary/aromatic N) is 2. The van der Waals surface area contributed by atoms with Crippen molar-refractivity contribution in [2.45, 2.75) is 13.0 Å². The molecule has 0 saturated carbocycles. The van der Waals surface area contributed by atoms with Crippen LogP contribution in [0.25, 0.3) is 0 Å². The first-order valence-electron chi connectivity index (χ1n) is 4.68. The fourth-order valence-corrected chi connectivity index (χ4v) is 1.35. The van der Waals surface area contributed by atoms with E-state index in [-0.39, 0.29) is 11.7 Å². The van der Waals surface area contributed by atoms with Crippen LogP contribution in [0.4, 0.5) is 5.69 Å². The third kappa shape index (κ3) is 3.30. The molecule has 0 fully saturated rings. The van der Waals surface area contributed by atoms with Crippen molar-refractivity contribution >= 4 is 5.69 Å². The summed E-state index contributed by atoms with van der Waals surface area (Å²) in [5, 5.41) is 12.3. The Labute approximate surface area is 88.8 Å². The Morgan fingerprint density at radius 3 is 2.27 bits per heavy atom. The van der Waals surface area contributed by atoms with Crippen LogP contribution in [0.3, 0.4) is 0 Å². The van der Waals surface area contributed by atoms with Crippen molar-refractivity contribution in [2.24, 2.45) is 0 Å². The number of nitro groups is 1. The van der Waals surface area contributed by atoms with Crippen molar-refractivity contribution in [3.8, 4) is 0 Å². The van der Waals surface area contributed by atoms with Crippen LogP contribution in [0, 0.1) is 10.1 Å². The van der Waals surface area contributed by atoms with Crippen molar-refractivity contribution in [3.05, 3.63) is 39.9 Å². The number of benzene rings is 1. The second-order valence-corrected chi connectivity index (χ2v) is 3.59. The van der Waals surface area contributed by atoms with Crippen molar-refractivity contribution in [1.82, 2.24) is 10.4 Å². The molecule has 0 aliphatic carbocycles. The number of nitrogens with one attached hydrogen (secondary N) is 1. The standard InChI is InChI=1S/C10H15N3O2/c1-8(11-12(2)3)9-4-6-10(7-5-9)13(14)15/h4-8,11H,1-3H3. The molecule has 1 rings (SSSR count). The SMILES string of the molecule is CC(NN(C)C)c1ccc([N+](=O)[O-])cc1. The molecule has 0 saturated heterocycles. The Balaban J connectivity index is 2.75. The van der Waals surface area contributed by atoms with E-state index in [0.717, 1.165) is 5.56 Å². The van der Waals surface area contributed by atoms with Crippen LogP contribution in [0.15, 0.2) is 24.3 Å². The quantitative estimate of drug-likeness (QED) is 0.606. The van der Waals surface area contributed by atoms with E-state index >= 15 is 0 Å². The average molecular weight is 209 g/mol. The second-order valence-electron chi connectivity index (χ2n) is 3.59. The van der Waals surface area contributed by atoms with Crippen LogP contribution >= 0.6 is 0 Å². The predicted molar refractivity (Wildman–Crippen MR) is 58.3 cm³/mol. The lowest BCUT2D eigenvalue weighted by Crippen LogP contribution is -2.32.